The van der Waals surface area contributed by atoms with E-state index in [1.54, 1.807) is 24.3 Å². The van der Waals surface area contributed by atoms with Crippen LogP contribution in [0.5, 0.6) is 0 Å². The van der Waals surface area contributed by atoms with E-state index in [1.165, 1.54) is 18.2 Å². The maximum Gasteiger partial charge on any atom is 0.303 e. The van der Waals surface area contributed by atoms with E-state index in [1.807, 2.05) is 0 Å². The molecular formula is C17H15FN2O4. The fourth-order valence-corrected chi connectivity index (χ4v) is 2.06. The molecule has 0 aromatic heterocycles. The van der Waals surface area contributed by atoms with Gasteiger partial charge in [0, 0.05) is 17.7 Å². The highest BCUT2D eigenvalue weighted by Crippen LogP contribution is 2.14. The van der Waals surface area contributed by atoms with Crippen molar-refractivity contribution in [1.29, 1.82) is 0 Å². The normalized spacial score (nSPS) is 11.1. The number of aliphatic carboxylic acids is 1. The molecule has 24 heavy (non-hydrogen) atoms. The molecule has 2 aromatic rings. The van der Waals surface area contributed by atoms with Crippen molar-refractivity contribution < 1.29 is 24.3 Å². The van der Waals surface area contributed by atoms with Gasteiger partial charge >= 0.3 is 5.97 Å². The van der Waals surface area contributed by atoms with E-state index in [9.17, 15) is 14.0 Å². The van der Waals surface area contributed by atoms with E-state index in [-0.39, 0.29) is 24.1 Å². The summed E-state index contributed by atoms with van der Waals surface area (Å²) in [6.45, 7) is 0. The number of anilines is 1. The first kappa shape index (κ1) is 17.1. The van der Waals surface area contributed by atoms with Crippen LogP contribution in [0.4, 0.5) is 10.1 Å². The Balaban J connectivity index is 2.06. The van der Waals surface area contributed by atoms with Crippen molar-refractivity contribution in [3.05, 3.63) is 65.5 Å². The number of carbonyl (C=O) groups is 2. The van der Waals surface area contributed by atoms with Crippen LogP contribution < -0.4 is 5.32 Å². The first-order valence-corrected chi connectivity index (χ1v) is 7.09. The minimum absolute atomic E-state index is 0.0842. The minimum atomic E-state index is -0.991. The summed E-state index contributed by atoms with van der Waals surface area (Å²) in [6, 6.07) is 11.7. The van der Waals surface area contributed by atoms with Crippen molar-refractivity contribution in [2.45, 2.75) is 12.8 Å². The maximum absolute atomic E-state index is 13.1. The summed E-state index contributed by atoms with van der Waals surface area (Å²) in [7, 11) is 0. The maximum atomic E-state index is 13.1. The number of carboxylic acid groups (broad SMARTS) is 1. The van der Waals surface area contributed by atoms with Crippen molar-refractivity contribution in [2.75, 3.05) is 5.32 Å². The number of nitrogens with zero attached hydrogens (tertiary/aromatic N) is 1. The zero-order chi connectivity index (χ0) is 17.5. The highest BCUT2D eigenvalue weighted by molar-refractivity contribution is 6.05. The van der Waals surface area contributed by atoms with Gasteiger partial charge in [0.1, 0.15) is 5.82 Å². The number of carbonyl (C=O) groups excluding carboxylic acids is 1. The third kappa shape index (κ3) is 4.64. The van der Waals surface area contributed by atoms with E-state index in [4.69, 9.17) is 10.3 Å². The van der Waals surface area contributed by atoms with Gasteiger partial charge < -0.3 is 15.6 Å². The zero-order valence-electron chi connectivity index (χ0n) is 12.6. The van der Waals surface area contributed by atoms with Gasteiger partial charge in [-0.1, -0.05) is 23.4 Å². The molecule has 0 aliphatic carbocycles. The molecule has 0 fully saturated rings. The molecule has 0 saturated heterocycles. The first-order valence-electron chi connectivity index (χ1n) is 7.09. The van der Waals surface area contributed by atoms with Crippen LogP contribution in [-0.2, 0) is 4.79 Å². The van der Waals surface area contributed by atoms with E-state index in [0.29, 0.717) is 11.3 Å². The summed E-state index contributed by atoms with van der Waals surface area (Å²) >= 11 is 0. The Morgan fingerprint density at radius 2 is 1.75 bits per heavy atom. The van der Waals surface area contributed by atoms with Crippen molar-refractivity contribution in [2.24, 2.45) is 5.16 Å². The molecule has 3 N–H and O–H groups in total. The van der Waals surface area contributed by atoms with Crippen LogP contribution >= 0.6 is 0 Å². The average molecular weight is 330 g/mol. The second-order valence-electron chi connectivity index (χ2n) is 4.98. The van der Waals surface area contributed by atoms with E-state index in [2.05, 4.69) is 10.5 Å². The summed E-state index contributed by atoms with van der Waals surface area (Å²) in [4.78, 5) is 22.6. The molecule has 2 aromatic carbocycles. The highest BCUT2D eigenvalue weighted by atomic mass is 19.1. The molecule has 0 radical (unpaired) electrons. The molecule has 0 heterocycles. The van der Waals surface area contributed by atoms with Crippen LogP contribution in [0.15, 0.2) is 53.7 Å². The zero-order valence-corrected chi connectivity index (χ0v) is 12.6. The summed E-state index contributed by atoms with van der Waals surface area (Å²) in [5.74, 6) is -1.94. The summed E-state index contributed by atoms with van der Waals surface area (Å²) in [6.07, 6.45) is -0.0711. The number of benzene rings is 2. The molecule has 0 spiro atoms. The van der Waals surface area contributed by atoms with E-state index < -0.39 is 17.7 Å². The van der Waals surface area contributed by atoms with Gasteiger partial charge in [0.2, 0.25) is 0 Å². The Morgan fingerprint density at radius 1 is 1.04 bits per heavy atom. The number of oxime groups is 1. The quantitative estimate of drug-likeness (QED) is 0.430. The van der Waals surface area contributed by atoms with Gasteiger partial charge in [-0.25, -0.2) is 4.39 Å². The summed E-state index contributed by atoms with van der Waals surface area (Å²) in [5, 5.41) is 23.4. The third-order valence-electron chi connectivity index (χ3n) is 3.26. The molecule has 0 saturated carbocycles. The molecule has 124 valence electrons. The van der Waals surface area contributed by atoms with Gasteiger partial charge in [-0.3, -0.25) is 9.59 Å². The second-order valence-corrected chi connectivity index (χ2v) is 4.98. The molecule has 7 heteroatoms. The molecular weight excluding hydrogens is 315 g/mol. The van der Waals surface area contributed by atoms with Crippen molar-refractivity contribution in [3.8, 4) is 0 Å². The Hall–Kier alpha value is -3.22. The van der Waals surface area contributed by atoms with Crippen molar-refractivity contribution in [1.82, 2.24) is 0 Å². The smallest absolute Gasteiger partial charge is 0.303 e. The second kappa shape index (κ2) is 7.87. The largest absolute Gasteiger partial charge is 0.481 e. The number of halogens is 1. The van der Waals surface area contributed by atoms with Crippen LogP contribution in [0.1, 0.15) is 28.8 Å². The lowest BCUT2D eigenvalue weighted by atomic mass is 10.1. The average Bonchev–Trinajstić information content (AvgIpc) is 2.56. The third-order valence-corrected chi connectivity index (χ3v) is 3.26. The Labute approximate surface area is 137 Å². The molecule has 0 atom stereocenters. The molecule has 6 nitrogen and oxygen atoms in total. The lowest BCUT2D eigenvalue weighted by molar-refractivity contribution is -0.136. The predicted octanol–water partition coefficient (Wildman–Crippen LogP) is 3.12. The number of nitrogens with one attached hydrogen (secondary N) is 1. The Kier molecular flexibility index (Phi) is 5.62. The summed E-state index contributed by atoms with van der Waals surface area (Å²) in [5.41, 5.74) is 1.45. The van der Waals surface area contributed by atoms with Gasteiger partial charge in [0.15, 0.2) is 0 Å². The van der Waals surface area contributed by atoms with Gasteiger partial charge in [0.05, 0.1) is 12.1 Å². The predicted molar refractivity (Wildman–Crippen MR) is 86.0 cm³/mol. The standard InChI is InChI=1S/C17H15FN2O4/c18-13-3-1-2-12(10-13)17(23)19-14-6-4-11(5-7-14)15(20-24)8-9-16(21)22/h1-7,10,24H,8-9H2,(H,19,23)(H,21,22)/b20-15-. The van der Waals surface area contributed by atoms with Gasteiger partial charge in [-0.15, -0.1) is 0 Å². The van der Waals surface area contributed by atoms with Crippen LogP contribution in [0.3, 0.4) is 0 Å². The Morgan fingerprint density at radius 3 is 2.33 bits per heavy atom. The number of amides is 1. The van der Waals surface area contributed by atoms with E-state index >= 15 is 0 Å². The molecule has 0 aliphatic rings. The number of hydrogen-bond donors (Lipinski definition) is 3. The van der Waals surface area contributed by atoms with Gasteiger partial charge in [0.25, 0.3) is 5.91 Å². The fraction of sp³-hybridized carbons (Fsp3) is 0.118. The van der Waals surface area contributed by atoms with Gasteiger partial charge in [-0.05, 0) is 35.9 Å². The van der Waals surface area contributed by atoms with Crippen molar-refractivity contribution in [3.63, 3.8) is 0 Å². The molecule has 2 rings (SSSR count). The van der Waals surface area contributed by atoms with Crippen molar-refractivity contribution >= 4 is 23.3 Å². The lowest BCUT2D eigenvalue weighted by Crippen LogP contribution is -2.12. The number of rotatable bonds is 6. The Bertz CT molecular complexity index is 772. The molecule has 0 bridgehead atoms. The van der Waals surface area contributed by atoms with Crippen LogP contribution in [-0.4, -0.2) is 27.9 Å². The fourth-order valence-electron chi connectivity index (χ4n) is 2.06. The minimum Gasteiger partial charge on any atom is -0.481 e. The molecule has 0 unspecified atom stereocenters. The van der Waals surface area contributed by atoms with Gasteiger partial charge in [-0.2, -0.15) is 0 Å². The first-order chi connectivity index (χ1) is 11.5. The van der Waals surface area contributed by atoms with E-state index in [0.717, 1.165) is 6.07 Å². The monoisotopic (exact) mass is 330 g/mol. The van der Waals surface area contributed by atoms with Crippen LogP contribution in [0.2, 0.25) is 0 Å². The van der Waals surface area contributed by atoms with Crippen LogP contribution in [0, 0.1) is 5.82 Å². The van der Waals surface area contributed by atoms with Crippen LogP contribution in [0.25, 0.3) is 0 Å². The number of carboxylic acids is 1. The summed E-state index contributed by atoms with van der Waals surface area (Å²) < 4.78 is 13.1. The molecule has 0 aliphatic heterocycles. The topological polar surface area (TPSA) is 99.0 Å². The molecule has 1 amide bonds. The lowest BCUT2D eigenvalue weighted by Gasteiger charge is -2.07. The highest BCUT2D eigenvalue weighted by Gasteiger charge is 2.10. The number of hydrogen-bond acceptors (Lipinski definition) is 4. The SMILES string of the molecule is O=C(O)CC/C(=N/O)c1ccc(NC(=O)c2cccc(F)c2)cc1.